The van der Waals surface area contributed by atoms with E-state index in [1.54, 1.807) is 29.3 Å². The number of aromatic nitrogens is 4. The van der Waals surface area contributed by atoms with E-state index in [-0.39, 0.29) is 12.1 Å². The summed E-state index contributed by atoms with van der Waals surface area (Å²) in [6.45, 7) is 4.73. The zero-order chi connectivity index (χ0) is 18.6. The van der Waals surface area contributed by atoms with E-state index >= 15 is 0 Å². The summed E-state index contributed by atoms with van der Waals surface area (Å²) in [4.78, 5) is 24.2. The monoisotopic (exact) mass is 383 g/mol. The van der Waals surface area contributed by atoms with Crippen LogP contribution in [0.5, 0.6) is 0 Å². The Hall–Kier alpha value is -2.78. The van der Waals surface area contributed by atoms with Crippen LogP contribution in [0.2, 0.25) is 0 Å². The first kappa shape index (κ1) is 17.6. The average Bonchev–Trinajstić information content (AvgIpc) is 3.38. The number of urea groups is 1. The number of amides is 2. The molecular formula is C18H21N7OS. The zero-order valence-electron chi connectivity index (χ0n) is 15.0. The molecule has 0 fully saturated rings. The van der Waals surface area contributed by atoms with Gasteiger partial charge in [-0.1, -0.05) is 0 Å². The summed E-state index contributed by atoms with van der Waals surface area (Å²) in [5, 5.41) is 11.9. The number of pyridine rings is 1. The number of carbonyl (C=O) groups excluding carboxylic acids is 1. The van der Waals surface area contributed by atoms with Crippen LogP contribution in [0.15, 0.2) is 42.4 Å². The normalized spacial score (nSPS) is 15.1. The van der Waals surface area contributed by atoms with Gasteiger partial charge in [0.1, 0.15) is 12.7 Å². The summed E-state index contributed by atoms with van der Waals surface area (Å²) in [5.41, 5.74) is 2.05. The summed E-state index contributed by atoms with van der Waals surface area (Å²) in [7, 11) is 0. The van der Waals surface area contributed by atoms with E-state index in [9.17, 15) is 4.79 Å². The highest BCUT2D eigenvalue weighted by atomic mass is 32.1. The number of anilines is 1. The maximum absolute atomic E-state index is 12.2. The molecule has 3 aromatic heterocycles. The molecule has 0 aliphatic carbocycles. The van der Waals surface area contributed by atoms with Crippen LogP contribution in [0.25, 0.3) is 5.82 Å². The highest BCUT2D eigenvalue weighted by molar-refractivity contribution is 7.10. The molecule has 4 heterocycles. The van der Waals surface area contributed by atoms with E-state index in [4.69, 9.17) is 0 Å². The lowest BCUT2D eigenvalue weighted by atomic mass is 10.1. The van der Waals surface area contributed by atoms with Gasteiger partial charge in [0.15, 0.2) is 5.82 Å². The van der Waals surface area contributed by atoms with Crippen molar-refractivity contribution in [1.29, 1.82) is 0 Å². The molecule has 2 amide bonds. The number of thiophene rings is 1. The Morgan fingerprint density at radius 2 is 2.30 bits per heavy atom. The molecule has 8 nitrogen and oxygen atoms in total. The number of rotatable bonds is 5. The fourth-order valence-electron chi connectivity index (χ4n) is 3.11. The zero-order valence-corrected chi connectivity index (χ0v) is 15.8. The average molecular weight is 383 g/mol. The maximum Gasteiger partial charge on any atom is 0.319 e. The Bertz CT molecular complexity index is 891. The van der Waals surface area contributed by atoms with Gasteiger partial charge < -0.3 is 10.6 Å². The van der Waals surface area contributed by atoms with Gasteiger partial charge in [-0.05, 0) is 42.5 Å². The van der Waals surface area contributed by atoms with Gasteiger partial charge in [-0.2, -0.15) is 5.10 Å². The highest BCUT2D eigenvalue weighted by Crippen LogP contribution is 2.24. The SMILES string of the molecule is CC(CNC(=O)Nc1ccc(-n2cncn2)nc1)N1CCc2sccc2C1. The summed E-state index contributed by atoms with van der Waals surface area (Å²) < 4.78 is 1.56. The molecule has 140 valence electrons. The summed E-state index contributed by atoms with van der Waals surface area (Å²) in [6, 6.07) is 5.81. The van der Waals surface area contributed by atoms with Gasteiger partial charge in [-0.3, -0.25) is 4.90 Å². The molecule has 0 radical (unpaired) electrons. The minimum Gasteiger partial charge on any atom is -0.336 e. The van der Waals surface area contributed by atoms with E-state index in [1.165, 1.54) is 16.8 Å². The van der Waals surface area contributed by atoms with Crippen LogP contribution in [-0.4, -0.2) is 49.8 Å². The number of hydrogen-bond donors (Lipinski definition) is 2. The summed E-state index contributed by atoms with van der Waals surface area (Å²) in [5.74, 6) is 0.643. The second-order valence-corrected chi connectivity index (χ2v) is 7.52. The molecule has 2 N–H and O–H groups in total. The topological polar surface area (TPSA) is 88.0 Å². The van der Waals surface area contributed by atoms with Crippen molar-refractivity contribution in [3.63, 3.8) is 0 Å². The smallest absolute Gasteiger partial charge is 0.319 e. The lowest BCUT2D eigenvalue weighted by Gasteiger charge is -2.32. The first-order valence-corrected chi connectivity index (χ1v) is 9.72. The fourth-order valence-corrected chi connectivity index (χ4v) is 4.00. The number of hydrogen-bond acceptors (Lipinski definition) is 6. The Labute approximate surface area is 161 Å². The van der Waals surface area contributed by atoms with Crippen LogP contribution in [0.1, 0.15) is 17.4 Å². The Morgan fingerprint density at radius 1 is 1.37 bits per heavy atom. The fraction of sp³-hybridized carbons (Fsp3) is 0.333. The summed E-state index contributed by atoms with van der Waals surface area (Å²) >= 11 is 1.84. The Balaban J connectivity index is 1.26. The molecule has 1 atom stereocenters. The van der Waals surface area contributed by atoms with E-state index in [0.717, 1.165) is 19.5 Å². The molecule has 9 heteroatoms. The third-order valence-electron chi connectivity index (χ3n) is 4.68. The molecule has 0 bridgehead atoms. The quantitative estimate of drug-likeness (QED) is 0.706. The maximum atomic E-state index is 12.2. The van der Waals surface area contributed by atoms with Gasteiger partial charge in [0.05, 0.1) is 11.9 Å². The largest absolute Gasteiger partial charge is 0.336 e. The molecule has 0 saturated carbocycles. The van der Waals surface area contributed by atoms with Crippen molar-refractivity contribution in [3.8, 4) is 5.82 Å². The minimum atomic E-state index is -0.231. The van der Waals surface area contributed by atoms with Crippen molar-refractivity contribution < 1.29 is 4.79 Å². The molecule has 0 aromatic carbocycles. The summed E-state index contributed by atoms with van der Waals surface area (Å²) in [6.07, 6.45) is 5.71. The van der Waals surface area contributed by atoms with Crippen molar-refractivity contribution >= 4 is 23.1 Å². The standard InChI is InChI=1S/C18H21N7OS/c1-13(24-6-4-16-14(10-24)5-7-27-16)8-21-18(26)23-15-2-3-17(20-9-15)25-12-19-11-22-25/h2-3,5,7,9,11-13H,4,6,8,10H2,1H3,(H2,21,23,26). The van der Waals surface area contributed by atoms with Crippen molar-refractivity contribution in [2.75, 3.05) is 18.4 Å². The minimum absolute atomic E-state index is 0.231. The predicted molar refractivity (Wildman–Crippen MR) is 104 cm³/mol. The second-order valence-electron chi connectivity index (χ2n) is 6.52. The third kappa shape index (κ3) is 4.15. The van der Waals surface area contributed by atoms with E-state index in [2.05, 4.69) is 49.0 Å². The number of nitrogens with one attached hydrogen (secondary N) is 2. The molecule has 27 heavy (non-hydrogen) atoms. The van der Waals surface area contributed by atoms with Crippen LogP contribution in [-0.2, 0) is 13.0 Å². The van der Waals surface area contributed by atoms with Crippen LogP contribution < -0.4 is 10.6 Å². The van der Waals surface area contributed by atoms with Gasteiger partial charge in [0.25, 0.3) is 0 Å². The molecule has 0 saturated heterocycles. The molecule has 0 spiro atoms. The lowest BCUT2D eigenvalue weighted by molar-refractivity contribution is 0.188. The number of nitrogens with zero attached hydrogens (tertiary/aromatic N) is 5. The highest BCUT2D eigenvalue weighted by Gasteiger charge is 2.21. The second kappa shape index (κ2) is 7.85. The molecule has 1 aliphatic heterocycles. The predicted octanol–water partition coefficient (Wildman–Crippen LogP) is 2.29. The molecule has 4 rings (SSSR count). The molecular weight excluding hydrogens is 362 g/mol. The third-order valence-corrected chi connectivity index (χ3v) is 5.70. The Kier molecular flexibility index (Phi) is 5.12. The molecule has 3 aromatic rings. The molecule has 1 unspecified atom stereocenters. The van der Waals surface area contributed by atoms with Gasteiger partial charge in [0.2, 0.25) is 0 Å². The van der Waals surface area contributed by atoms with Gasteiger partial charge in [-0.15, -0.1) is 11.3 Å². The Morgan fingerprint density at radius 3 is 3.07 bits per heavy atom. The van der Waals surface area contributed by atoms with E-state index in [1.807, 2.05) is 11.3 Å². The van der Waals surface area contributed by atoms with Crippen molar-refractivity contribution in [3.05, 3.63) is 52.9 Å². The van der Waals surface area contributed by atoms with Crippen molar-refractivity contribution in [2.24, 2.45) is 0 Å². The first-order chi connectivity index (χ1) is 13.2. The number of carbonyl (C=O) groups is 1. The van der Waals surface area contributed by atoms with E-state index in [0.29, 0.717) is 18.1 Å². The van der Waals surface area contributed by atoms with Crippen LogP contribution >= 0.6 is 11.3 Å². The van der Waals surface area contributed by atoms with E-state index < -0.39 is 0 Å². The van der Waals surface area contributed by atoms with Gasteiger partial charge in [-0.25, -0.2) is 19.4 Å². The van der Waals surface area contributed by atoms with Crippen LogP contribution in [0.3, 0.4) is 0 Å². The lowest BCUT2D eigenvalue weighted by Crippen LogP contribution is -2.45. The number of fused-ring (bicyclic) bond motifs is 1. The van der Waals surface area contributed by atoms with Gasteiger partial charge >= 0.3 is 6.03 Å². The van der Waals surface area contributed by atoms with Crippen LogP contribution in [0.4, 0.5) is 10.5 Å². The van der Waals surface area contributed by atoms with Crippen LogP contribution in [0, 0.1) is 0 Å². The molecule has 1 aliphatic rings. The van der Waals surface area contributed by atoms with Crippen molar-refractivity contribution in [1.82, 2.24) is 30.0 Å². The van der Waals surface area contributed by atoms with Gasteiger partial charge in [0, 0.05) is 30.6 Å². The first-order valence-electron chi connectivity index (χ1n) is 8.84. The van der Waals surface area contributed by atoms with Crippen molar-refractivity contribution in [2.45, 2.75) is 25.9 Å².